The highest BCUT2D eigenvalue weighted by molar-refractivity contribution is 4.91. The van der Waals surface area contributed by atoms with E-state index in [9.17, 15) is 0 Å². The van der Waals surface area contributed by atoms with Crippen molar-refractivity contribution in [2.75, 3.05) is 32.8 Å². The van der Waals surface area contributed by atoms with Gasteiger partial charge in [0.15, 0.2) is 0 Å². The fourth-order valence-electron chi connectivity index (χ4n) is 2.27. The summed E-state index contributed by atoms with van der Waals surface area (Å²) in [6.45, 7) is 8.04. The molecule has 2 nitrogen and oxygen atoms in total. The molecule has 2 heteroatoms. The van der Waals surface area contributed by atoms with Crippen LogP contribution in [-0.2, 0) is 4.74 Å². The molecule has 2 rings (SSSR count). The normalized spacial score (nSPS) is 39.0. The highest BCUT2D eigenvalue weighted by Crippen LogP contribution is 2.37. The first-order valence-electron chi connectivity index (χ1n) is 4.65. The summed E-state index contributed by atoms with van der Waals surface area (Å²) in [5.41, 5.74) is 0.565. The summed E-state index contributed by atoms with van der Waals surface area (Å²) < 4.78 is 5.45. The minimum atomic E-state index is 0.565. The molecule has 0 radical (unpaired) electrons. The van der Waals surface area contributed by atoms with Crippen LogP contribution in [0.25, 0.3) is 0 Å². The molecular formula is C9H17NO. The molecule has 0 saturated carbocycles. The van der Waals surface area contributed by atoms with E-state index < -0.39 is 0 Å². The zero-order valence-corrected chi connectivity index (χ0v) is 7.31. The predicted octanol–water partition coefficient (Wildman–Crippen LogP) is 1.12. The largest absolute Gasteiger partial charge is 0.381 e. The van der Waals surface area contributed by atoms with Crippen molar-refractivity contribution in [3.8, 4) is 0 Å². The van der Waals surface area contributed by atoms with Crippen LogP contribution in [-0.4, -0.2) is 37.7 Å². The lowest BCUT2D eigenvalue weighted by molar-refractivity contribution is 0.153. The molecule has 0 bridgehead atoms. The van der Waals surface area contributed by atoms with Gasteiger partial charge in [-0.1, -0.05) is 6.92 Å². The minimum Gasteiger partial charge on any atom is -0.381 e. The van der Waals surface area contributed by atoms with Crippen LogP contribution in [0.3, 0.4) is 0 Å². The van der Waals surface area contributed by atoms with Gasteiger partial charge in [0.1, 0.15) is 0 Å². The number of hydrogen-bond acceptors (Lipinski definition) is 2. The molecule has 1 spiro atoms. The first-order valence-corrected chi connectivity index (χ1v) is 4.65. The number of nitrogens with zero attached hydrogens (tertiary/aromatic N) is 1. The Morgan fingerprint density at radius 1 is 1.45 bits per heavy atom. The summed E-state index contributed by atoms with van der Waals surface area (Å²) in [5, 5.41) is 0. The van der Waals surface area contributed by atoms with Crippen molar-refractivity contribution in [3.05, 3.63) is 0 Å². The van der Waals surface area contributed by atoms with Crippen LogP contribution in [0.4, 0.5) is 0 Å². The van der Waals surface area contributed by atoms with Crippen LogP contribution in [0.5, 0.6) is 0 Å². The zero-order chi connectivity index (χ0) is 7.73. The highest BCUT2D eigenvalue weighted by atomic mass is 16.5. The second-order valence-corrected chi connectivity index (χ2v) is 3.92. The van der Waals surface area contributed by atoms with Crippen LogP contribution >= 0.6 is 0 Å². The lowest BCUT2D eigenvalue weighted by Gasteiger charge is -2.20. The Morgan fingerprint density at radius 2 is 2.36 bits per heavy atom. The number of hydrogen-bond donors (Lipinski definition) is 0. The van der Waals surface area contributed by atoms with E-state index >= 15 is 0 Å². The molecule has 0 aliphatic carbocycles. The smallest absolute Gasteiger partial charge is 0.0536 e. The van der Waals surface area contributed by atoms with Crippen molar-refractivity contribution in [1.82, 2.24) is 4.90 Å². The second kappa shape index (κ2) is 2.76. The fraction of sp³-hybridized carbons (Fsp3) is 1.00. The van der Waals surface area contributed by atoms with Gasteiger partial charge < -0.3 is 9.64 Å². The topological polar surface area (TPSA) is 12.5 Å². The standard InChI is InChI=1S/C9H17NO/c1-2-10-5-3-9(7-10)4-6-11-8-9/h2-8H2,1H3/t9-/m0/s1. The van der Waals surface area contributed by atoms with E-state index in [4.69, 9.17) is 4.74 Å². The van der Waals surface area contributed by atoms with Crippen molar-refractivity contribution >= 4 is 0 Å². The van der Waals surface area contributed by atoms with E-state index in [0.29, 0.717) is 5.41 Å². The Hall–Kier alpha value is -0.0800. The third kappa shape index (κ3) is 1.30. The SMILES string of the molecule is CCN1CC[C@]2(CCOC2)C1. The van der Waals surface area contributed by atoms with Crippen LogP contribution in [0.2, 0.25) is 0 Å². The lowest BCUT2D eigenvalue weighted by atomic mass is 9.87. The average Bonchev–Trinajstić information content (AvgIpc) is 2.62. The van der Waals surface area contributed by atoms with Gasteiger partial charge >= 0.3 is 0 Å². The van der Waals surface area contributed by atoms with Crippen molar-refractivity contribution < 1.29 is 4.74 Å². The molecule has 64 valence electrons. The molecule has 0 aromatic heterocycles. The Morgan fingerprint density at radius 3 is 2.91 bits per heavy atom. The Balaban J connectivity index is 1.96. The van der Waals surface area contributed by atoms with Crippen molar-refractivity contribution in [2.45, 2.75) is 19.8 Å². The van der Waals surface area contributed by atoms with Gasteiger partial charge in [0.2, 0.25) is 0 Å². The number of rotatable bonds is 1. The Kier molecular flexibility index (Phi) is 1.90. The molecule has 2 fully saturated rings. The van der Waals surface area contributed by atoms with Crippen molar-refractivity contribution in [2.24, 2.45) is 5.41 Å². The summed E-state index contributed by atoms with van der Waals surface area (Å²) in [6.07, 6.45) is 2.66. The maximum atomic E-state index is 5.45. The van der Waals surface area contributed by atoms with Gasteiger partial charge in [-0.25, -0.2) is 0 Å². The molecule has 0 N–H and O–H groups in total. The summed E-state index contributed by atoms with van der Waals surface area (Å²) in [6, 6.07) is 0. The van der Waals surface area contributed by atoms with Gasteiger partial charge in [-0.05, 0) is 25.9 Å². The first-order chi connectivity index (χ1) is 5.35. The van der Waals surface area contributed by atoms with Gasteiger partial charge in [0, 0.05) is 18.6 Å². The van der Waals surface area contributed by atoms with Gasteiger partial charge in [-0.15, -0.1) is 0 Å². The first kappa shape index (κ1) is 7.56. The van der Waals surface area contributed by atoms with Gasteiger partial charge in [-0.3, -0.25) is 0 Å². The lowest BCUT2D eigenvalue weighted by Crippen LogP contribution is -2.27. The summed E-state index contributed by atoms with van der Waals surface area (Å²) in [5.74, 6) is 0. The van der Waals surface area contributed by atoms with E-state index in [0.717, 1.165) is 13.2 Å². The molecule has 2 saturated heterocycles. The molecule has 0 aromatic rings. The van der Waals surface area contributed by atoms with Crippen molar-refractivity contribution in [1.29, 1.82) is 0 Å². The zero-order valence-electron chi connectivity index (χ0n) is 7.31. The van der Waals surface area contributed by atoms with Crippen LogP contribution in [0.15, 0.2) is 0 Å². The molecular weight excluding hydrogens is 138 g/mol. The van der Waals surface area contributed by atoms with E-state index in [1.165, 1.54) is 32.5 Å². The summed E-state index contributed by atoms with van der Waals surface area (Å²) >= 11 is 0. The third-order valence-electron chi connectivity index (χ3n) is 3.15. The molecule has 0 aromatic carbocycles. The fourth-order valence-corrected chi connectivity index (χ4v) is 2.27. The molecule has 0 unspecified atom stereocenters. The molecule has 11 heavy (non-hydrogen) atoms. The van der Waals surface area contributed by atoms with Gasteiger partial charge in [0.25, 0.3) is 0 Å². The van der Waals surface area contributed by atoms with Crippen LogP contribution < -0.4 is 0 Å². The van der Waals surface area contributed by atoms with Crippen LogP contribution in [0, 0.1) is 5.41 Å². The average molecular weight is 155 g/mol. The predicted molar refractivity (Wildman–Crippen MR) is 44.6 cm³/mol. The Bertz CT molecular complexity index is 140. The van der Waals surface area contributed by atoms with Crippen LogP contribution in [0.1, 0.15) is 19.8 Å². The molecule has 1 atom stereocenters. The van der Waals surface area contributed by atoms with E-state index in [1.54, 1.807) is 0 Å². The van der Waals surface area contributed by atoms with E-state index in [2.05, 4.69) is 11.8 Å². The molecule has 0 amide bonds. The highest BCUT2D eigenvalue weighted by Gasteiger charge is 2.40. The van der Waals surface area contributed by atoms with Gasteiger partial charge in [0.05, 0.1) is 6.61 Å². The van der Waals surface area contributed by atoms with E-state index in [-0.39, 0.29) is 0 Å². The molecule has 2 aliphatic heterocycles. The Labute approximate surface area is 68.5 Å². The van der Waals surface area contributed by atoms with Crippen molar-refractivity contribution in [3.63, 3.8) is 0 Å². The number of ether oxygens (including phenoxy) is 1. The molecule has 2 aliphatic rings. The monoisotopic (exact) mass is 155 g/mol. The minimum absolute atomic E-state index is 0.565. The number of likely N-dealkylation sites (tertiary alicyclic amines) is 1. The van der Waals surface area contributed by atoms with Gasteiger partial charge in [-0.2, -0.15) is 0 Å². The van der Waals surface area contributed by atoms with E-state index in [1.807, 2.05) is 0 Å². The molecule has 2 heterocycles. The second-order valence-electron chi connectivity index (χ2n) is 3.92. The summed E-state index contributed by atoms with van der Waals surface area (Å²) in [4.78, 5) is 2.54. The third-order valence-corrected chi connectivity index (χ3v) is 3.15. The maximum Gasteiger partial charge on any atom is 0.0536 e. The summed E-state index contributed by atoms with van der Waals surface area (Å²) in [7, 11) is 0. The quantitative estimate of drug-likeness (QED) is 0.562. The maximum absolute atomic E-state index is 5.45.